The van der Waals surface area contributed by atoms with E-state index in [1.807, 2.05) is 42.7 Å². The predicted octanol–water partition coefficient (Wildman–Crippen LogP) is 3.69. The van der Waals surface area contributed by atoms with Gasteiger partial charge in [-0.15, -0.1) is 0 Å². The van der Waals surface area contributed by atoms with Crippen LogP contribution in [-0.2, 0) is 4.79 Å². The highest BCUT2D eigenvalue weighted by atomic mass is 79.9. The van der Waals surface area contributed by atoms with Crippen LogP contribution in [0.4, 0.5) is 4.79 Å². The second-order valence-corrected chi connectivity index (χ2v) is 6.49. The summed E-state index contributed by atoms with van der Waals surface area (Å²) in [5, 5.41) is 5.30. The quantitative estimate of drug-likeness (QED) is 0.603. The van der Waals surface area contributed by atoms with Crippen molar-refractivity contribution in [2.75, 3.05) is 0 Å². The number of halogens is 2. The Morgan fingerprint density at radius 1 is 1.17 bits per heavy atom. The molecular weight excluding hydrogens is 382 g/mol. The number of urea groups is 1. The summed E-state index contributed by atoms with van der Waals surface area (Å²) in [5.74, 6) is -0.425. The van der Waals surface area contributed by atoms with Gasteiger partial charge in [0.1, 0.15) is 5.70 Å². The molecule has 5 nitrogen and oxygen atoms in total. The number of imide groups is 1. The number of aromatic nitrogens is 1. The zero-order valence-corrected chi connectivity index (χ0v) is 14.7. The molecule has 0 aliphatic carbocycles. The highest BCUT2D eigenvalue weighted by molar-refractivity contribution is 9.10. The van der Waals surface area contributed by atoms with E-state index in [2.05, 4.69) is 26.6 Å². The highest BCUT2D eigenvalue weighted by Crippen LogP contribution is 2.28. The molecule has 0 radical (unpaired) electrons. The first kappa shape index (κ1) is 15.8. The molecule has 23 heavy (non-hydrogen) atoms. The van der Waals surface area contributed by atoms with E-state index in [0.717, 1.165) is 27.1 Å². The Balaban J connectivity index is 2.06. The van der Waals surface area contributed by atoms with E-state index in [9.17, 15) is 9.59 Å². The summed E-state index contributed by atoms with van der Waals surface area (Å²) in [6.45, 7) is 3.92. The smallest absolute Gasteiger partial charge is 0.318 e. The lowest BCUT2D eigenvalue weighted by atomic mass is 10.2. The van der Waals surface area contributed by atoms with Crippen LogP contribution in [0.5, 0.6) is 0 Å². The minimum Gasteiger partial charge on any atom is -0.318 e. The van der Waals surface area contributed by atoms with E-state index in [0.29, 0.717) is 5.02 Å². The third-order valence-corrected chi connectivity index (χ3v) is 4.88. The van der Waals surface area contributed by atoms with E-state index >= 15 is 0 Å². The number of nitrogens with zero attached hydrogens (tertiary/aromatic N) is 1. The number of hydrogen-bond donors (Lipinski definition) is 2. The lowest BCUT2D eigenvalue weighted by Gasteiger charge is -2.10. The van der Waals surface area contributed by atoms with Crippen molar-refractivity contribution in [2.24, 2.45) is 0 Å². The molecule has 2 heterocycles. The normalized spacial score (nSPS) is 15.9. The molecule has 0 atom stereocenters. The fraction of sp³-hybridized carbons (Fsp3) is 0.125. The SMILES string of the molecule is Cc1cc(C=C2NC(=O)NC2=O)c(C)n1-c1ccc(Br)c(Cl)c1. The van der Waals surface area contributed by atoms with Crippen LogP contribution >= 0.6 is 27.5 Å². The molecule has 1 saturated heterocycles. The maximum Gasteiger partial charge on any atom is 0.326 e. The van der Waals surface area contributed by atoms with E-state index in [1.54, 1.807) is 6.08 Å². The molecule has 1 aromatic heterocycles. The summed E-state index contributed by atoms with van der Waals surface area (Å²) in [5.41, 5.74) is 3.97. The summed E-state index contributed by atoms with van der Waals surface area (Å²) in [6, 6.07) is 7.16. The fourth-order valence-electron chi connectivity index (χ4n) is 2.59. The molecule has 2 aromatic rings. The second-order valence-electron chi connectivity index (χ2n) is 5.23. The Morgan fingerprint density at radius 3 is 2.52 bits per heavy atom. The minimum absolute atomic E-state index is 0.240. The number of carbonyl (C=O) groups is 2. The summed E-state index contributed by atoms with van der Waals surface area (Å²) in [6.07, 6.45) is 1.67. The van der Waals surface area contributed by atoms with Gasteiger partial charge in [-0.2, -0.15) is 0 Å². The van der Waals surface area contributed by atoms with Gasteiger partial charge in [0.2, 0.25) is 0 Å². The molecule has 0 saturated carbocycles. The number of hydrogen-bond acceptors (Lipinski definition) is 2. The molecule has 0 bridgehead atoms. The van der Waals surface area contributed by atoms with Crippen molar-refractivity contribution in [3.05, 3.63) is 56.4 Å². The Hall–Kier alpha value is -2.05. The fourth-order valence-corrected chi connectivity index (χ4v) is 3.01. The highest BCUT2D eigenvalue weighted by Gasteiger charge is 2.23. The molecule has 3 rings (SSSR count). The zero-order chi connectivity index (χ0) is 16.7. The Morgan fingerprint density at radius 2 is 1.91 bits per heavy atom. The number of aryl methyl sites for hydroxylation is 1. The van der Waals surface area contributed by atoms with Crippen molar-refractivity contribution in [3.63, 3.8) is 0 Å². The zero-order valence-electron chi connectivity index (χ0n) is 12.4. The van der Waals surface area contributed by atoms with Gasteiger partial charge < -0.3 is 9.88 Å². The van der Waals surface area contributed by atoms with Crippen molar-refractivity contribution in [1.29, 1.82) is 0 Å². The monoisotopic (exact) mass is 393 g/mol. The molecule has 0 spiro atoms. The van der Waals surface area contributed by atoms with E-state index in [-0.39, 0.29) is 5.70 Å². The van der Waals surface area contributed by atoms with Crippen LogP contribution in [0.3, 0.4) is 0 Å². The molecule has 1 aliphatic rings. The number of amides is 3. The first-order valence-corrected chi connectivity index (χ1v) is 8.02. The second kappa shape index (κ2) is 5.86. The molecule has 1 fully saturated rings. The number of rotatable bonds is 2. The topological polar surface area (TPSA) is 63.1 Å². The van der Waals surface area contributed by atoms with Crippen LogP contribution in [0.25, 0.3) is 11.8 Å². The number of benzene rings is 1. The summed E-state index contributed by atoms with van der Waals surface area (Å²) in [4.78, 5) is 22.8. The van der Waals surface area contributed by atoms with Crippen LogP contribution in [0.15, 0.2) is 34.4 Å². The number of nitrogens with one attached hydrogen (secondary N) is 2. The molecule has 7 heteroatoms. The van der Waals surface area contributed by atoms with Crippen molar-refractivity contribution < 1.29 is 9.59 Å². The van der Waals surface area contributed by atoms with E-state index < -0.39 is 11.9 Å². The first-order valence-electron chi connectivity index (χ1n) is 6.85. The van der Waals surface area contributed by atoms with Crippen molar-refractivity contribution in [2.45, 2.75) is 13.8 Å². The Kier molecular flexibility index (Phi) is 4.04. The van der Waals surface area contributed by atoms with Crippen molar-refractivity contribution in [1.82, 2.24) is 15.2 Å². The van der Waals surface area contributed by atoms with Gasteiger partial charge in [0.05, 0.1) is 5.02 Å². The van der Waals surface area contributed by atoms with Crippen LogP contribution in [0.1, 0.15) is 17.0 Å². The first-order chi connectivity index (χ1) is 10.9. The summed E-state index contributed by atoms with van der Waals surface area (Å²) >= 11 is 9.55. The maximum atomic E-state index is 11.7. The molecule has 1 aromatic carbocycles. The van der Waals surface area contributed by atoms with Crippen molar-refractivity contribution in [3.8, 4) is 5.69 Å². The van der Waals surface area contributed by atoms with E-state index in [1.165, 1.54) is 0 Å². The predicted molar refractivity (Wildman–Crippen MR) is 92.6 cm³/mol. The van der Waals surface area contributed by atoms with Gasteiger partial charge in [-0.3, -0.25) is 10.1 Å². The molecule has 118 valence electrons. The molecule has 0 unspecified atom stereocenters. The average molecular weight is 395 g/mol. The van der Waals surface area contributed by atoms with E-state index in [4.69, 9.17) is 11.6 Å². The third kappa shape index (κ3) is 2.92. The van der Waals surface area contributed by atoms with Crippen LogP contribution in [0.2, 0.25) is 5.02 Å². The number of carbonyl (C=O) groups excluding carboxylic acids is 2. The molecule has 1 aliphatic heterocycles. The van der Waals surface area contributed by atoms with Crippen LogP contribution < -0.4 is 10.6 Å². The summed E-state index contributed by atoms with van der Waals surface area (Å²) in [7, 11) is 0. The average Bonchev–Trinajstić information content (AvgIpc) is 2.93. The molecule has 2 N–H and O–H groups in total. The lowest BCUT2D eigenvalue weighted by molar-refractivity contribution is -0.115. The standard InChI is InChI=1S/C16H13BrClN3O2/c1-8-5-10(6-14-15(22)20-16(23)19-14)9(2)21(8)11-3-4-12(17)13(18)7-11/h3-7H,1-2H3,(H2,19,20,22,23). The Bertz CT molecular complexity index is 870. The summed E-state index contributed by atoms with van der Waals surface area (Å²) < 4.78 is 2.87. The van der Waals surface area contributed by atoms with Gasteiger partial charge in [0.25, 0.3) is 5.91 Å². The van der Waals surface area contributed by atoms with Gasteiger partial charge in [-0.05, 0) is 65.7 Å². The van der Waals surface area contributed by atoms with Gasteiger partial charge in [0.15, 0.2) is 0 Å². The van der Waals surface area contributed by atoms with Gasteiger partial charge >= 0.3 is 6.03 Å². The Labute approximate surface area is 146 Å². The van der Waals surface area contributed by atoms with Crippen LogP contribution in [-0.4, -0.2) is 16.5 Å². The molecule has 3 amide bonds. The van der Waals surface area contributed by atoms with Gasteiger partial charge in [-0.1, -0.05) is 11.6 Å². The van der Waals surface area contributed by atoms with Crippen molar-refractivity contribution >= 4 is 45.5 Å². The third-order valence-electron chi connectivity index (χ3n) is 3.65. The van der Waals surface area contributed by atoms with Gasteiger partial charge in [-0.25, -0.2) is 4.79 Å². The van der Waals surface area contributed by atoms with Crippen LogP contribution in [0, 0.1) is 13.8 Å². The largest absolute Gasteiger partial charge is 0.326 e. The molecular formula is C16H13BrClN3O2. The van der Waals surface area contributed by atoms with Gasteiger partial charge in [0, 0.05) is 21.5 Å². The maximum absolute atomic E-state index is 11.7. The minimum atomic E-state index is -0.505. The lowest BCUT2D eigenvalue weighted by Crippen LogP contribution is -2.22.